The minimum atomic E-state index is -0.108. The number of hydrogen-bond donors (Lipinski definition) is 2. The molecular formula is C17H18N4OS. The molecule has 3 aromatic rings. The lowest BCUT2D eigenvalue weighted by atomic mass is 10.1. The normalized spacial score (nSPS) is 14.8. The molecule has 0 fully saturated rings. The number of likely N-dealkylation sites (N-methyl/N-ethyl adjacent to an activating group) is 1. The first-order chi connectivity index (χ1) is 11.2. The Bertz CT molecular complexity index is 866. The number of carbonyl (C=O) groups excluding carboxylic acids is 1. The van der Waals surface area contributed by atoms with E-state index in [-0.39, 0.29) is 5.91 Å². The molecule has 3 heterocycles. The molecule has 6 heteroatoms. The minimum Gasteiger partial charge on any atom is -0.347 e. The van der Waals surface area contributed by atoms with Crippen LogP contribution in [0.3, 0.4) is 0 Å². The molecule has 1 amide bonds. The number of nitrogens with zero attached hydrogens (tertiary/aromatic N) is 2. The number of H-pyrrole nitrogens is 1. The summed E-state index contributed by atoms with van der Waals surface area (Å²) in [4.78, 5) is 14.7. The summed E-state index contributed by atoms with van der Waals surface area (Å²) in [7, 11) is 2.06. The van der Waals surface area contributed by atoms with E-state index in [1.54, 1.807) is 11.3 Å². The number of hydrogen-bond acceptors (Lipinski definition) is 4. The van der Waals surface area contributed by atoms with Crippen molar-refractivity contribution in [2.24, 2.45) is 0 Å². The van der Waals surface area contributed by atoms with E-state index in [0.717, 1.165) is 36.3 Å². The van der Waals surface area contributed by atoms with E-state index in [4.69, 9.17) is 0 Å². The average molecular weight is 326 g/mol. The Balaban J connectivity index is 1.49. The molecule has 0 bridgehead atoms. The van der Waals surface area contributed by atoms with E-state index >= 15 is 0 Å². The number of aromatic amines is 1. The first-order valence-corrected chi connectivity index (χ1v) is 8.57. The molecule has 23 heavy (non-hydrogen) atoms. The summed E-state index contributed by atoms with van der Waals surface area (Å²) in [5, 5.41) is 13.5. The van der Waals surface area contributed by atoms with Crippen molar-refractivity contribution >= 4 is 27.3 Å². The van der Waals surface area contributed by atoms with Crippen molar-refractivity contribution in [3.05, 3.63) is 52.2 Å². The second kappa shape index (κ2) is 5.79. The summed E-state index contributed by atoms with van der Waals surface area (Å²) in [6.07, 6.45) is 0.918. The standard InChI is InChI=1S/C17H18N4OS/c1-21-6-4-14-13(10-21)16(20-19-14)17(22)18-9-11-2-3-15-12(8-11)5-7-23-15/h2-3,5,7-8H,4,6,9-10H2,1H3,(H,18,22)(H,19,20). The zero-order valence-electron chi connectivity index (χ0n) is 12.9. The van der Waals surface area contributed by atoms with Gasteiger partial charge >= 0.3 is 0 Å². The summed E-state index contributed by atoms with van der Waals surface area (Å²) in [5.41, 5.74) is 3.76. The van der Waals surface area contributed by atoms with Gasteiger partial charge in [-0.2, -0.15) is 5.10 Å². The summed E-state index contributed by atoms with van der Waals surface area (Å²) in [6.45, 7) is 2.29. The predicted molar refractivity (Wildman–Crippen MR) is 91.6 cm³/mol. The van der Waals surface area contributed by atoms with Gasteiger partial charge in [0.2, 0.25) is 0 Å². The van der Waals surface area contributed by atoms with Gasteiger partial charge in [0.1, 0.15) is 0 Å². The first kappa shape index (κ1) is 14.4. The lowest BCUT2D eigenvalue weighted by molar-refractivity contribution is 0.0944. The van der Waals surface area contributed by atoms with Crippen molar-refractivity contribution < 1.29 is 4.79 Å². The fourth-order valence-electron chi connectivity index (χ4n) is 3.01. The van der Waals surface area contributed by atoms with Crippen LogP contribution >= 0.6 is 11.3 Å². The summed E-state index contributed by atoms with van der Waals surface area (Å²) in [6, 6.07) is 8.39. The zero-order valence-corrected chi connectivity index (χ0v) is 13.7. The zero-order chi connectivity index (χ0) is 15.8. The smallest absolute Gasteiger partial charge is 0.272 e. The Labute approximate surface area is 138 Å². The second-order valence-electron chi connectivity index (χ2n) is 5.99. The second-order valence-corrected chi connectivity index (χ2v) is 6.94. The van der Waals surface area contributed by atoms with E-state index in [1.807, 2.05) is 0 Å². The molecule has 0 aliphatic carbocycles. The third-order valence-electron chi connectivity index (χ3n) is 4.31. The summed E-state index contributed by atoms with van der Waals surface area (Å²) < 4.78 is 1.27. The van der Waals surface area contributed by atoms with Gasteiger partial charge in [0.15, 0.2) is 5.69 Å². The topological polar surface area (TPSA) is 61.0 Å². The van der Waals surface area contributed by atoms with Gasteiger partial charge in [-0.05, 0) is 41.6 Å². The van der Waals surface area contributed by atoms with Crippen LogP contribution in [0.4, 0.5) is 0 Å². The van der Waals surface area contributed by atoms with Crippen LogP contribution < -0.4 is 5.32 Å². The highest BCUT2D eigenvalue weighted by atomic mass is 32.1. The first-order valence-electron chi connectivity index (χ1n) is 7.70. The van der Waals surface area contributed by atoms with Crippen LogP contribution in [0.1, 0.15) is 27.3 Å². The molecule has 0 unspecified atom stereocenters. The Morgan fingerprint density at radius 3 is 3.26 bits per heavy atom. The number of nitrogens with one attached hydrogen (secondary N) is 2. The van der Waals surface area contributed by atoms with Crippen LogP contribution in [-0.2, 0) is 19.5 Å². The van der Waals surface area contributed by atoms with Crippen molar-refractivity contribution in [3.63, 3.8) is 0 Å². The van der Waals surface area contributed by atoms with Crippen molar-refractivity contribution in [2.75, 3.05) is 13.6 Å². The fourth-order valence-corrected chi connectivity index (χ4v) is 3.78. The van der Waals surface area contributed by atoms with E-state index in [1.165, 1.54) is 10.1 Å². The average Bonchev–Trinajstić information content (AvgIpc) is 3.18. The van der Waals surface area contributed by atoms with E-state index < -0.39 is 0 Å². The van der Waals surface area contributed by atoms with Gasteiger partial charge in [0, 0.05) is 42.0 Å². The molecule has 2 N–H and O–H groups in total. The van der Waals surface area contributed by atoms with Gasteiger partial charge in [0.25, 0.3) is 5.91 Å². The van der Waals surface area contributed by atoms with Crippen LogP contribution in [-0.4, -0.2) is 34.6 Å². The van der Waals surface area contributed by atoms with Crippen LogP contribution in [0.25, 0.3) is 10.1 Å². The van der Waals surface area contributed by atoms with E-state index in [0.29, 0.717) is 12.2 Å². The van der Waals surface area contributed by atoms with Crippen molar-refractivity contribution in [1.82, 2.24) is 20.4 Å². The van der Waals surface area contributed by atoms with Gasteiger partial charge < -0.3 is 10.2 Å². The van der Waals surface area contributed by atoms with Crippen LogP contribution in [0.5, 0.6) is 0 Å². The van der Waals surface area contributed by atoms with Crippen molar-refractivity contribution in [1.29, 1.82) is 0 Å². The Hall–Kier alpha value is -2.18. The number of benzene rings is 1. The van der Waals surface area contributed by atoms with Gasteiger partial charge in [0.05, 0.1) is 0 Å². The number of carbonyl (C=O) groups is 1. The van der Waals surface area contributed by atoms with Gasteiger partial charge in [-0.25, -0.2) is 0 Å². The molecule has 5 nitrogen and oxygen atoms in total. The summed E-state index contributed by atoms with van der Waals surface area (Å²) >= 11 is 1.73. The van der Waals surface area contributed by atoms with Crippen molar-refractivity contribution in [2.45, 2.75) is 19.5 Å². The number of fused-ring (bicyclic) bond motifs is 2. The van der Waals surface area contributed by atoms with Crippen LogP contribution in [0, 0.1) is 0 Å². The molecular weight excluding hydrogens is 308 g/mol. The molecule has 0 radical (unpaired) electrons. The number of thiophene rings is 1. The highest BCUT2D eigenvalue weighted by Crippen LogP contribution is 2.22. The number of rotatable bonds is 3. The van der Waals surface area contributed by atoms with E-state index in [2.05, 4.69) is 57.1 Å². The highest BCUT2D eigenvalue weighted by molar-refractivity contribution is 7.17. The Morgan fingerprint density at radius 1 is 1.43 bits per heavy atom. The molecule has 118 valence electrons. The maximum atomic E-state index is 12.5. The van der Waals surface area contributed by atoms with Crippen LogP contribution in [0.15, 0.2) is 29.6 Å². The quantitative estimate of drug-likeness (QED) is 0.777. The molecule has 0 spiro atoms. The van der Waals surface area contributed by atoms with Crippen LogP contribution in [0.2, 0.25) is 0 Å². The third-order valence-corrected chi connectivity index (χ3v) is 5.21. The monoisotopic (exact) mass is 326 g/mol. The Morgan fingerprint density at radius 2 is 2.35 bits per heavy atom. The van der Waals surface area contributed by atoms with E-state index in [9.17, 15) is 4.79 Å². The van der Waals surface area contributed by atoms with Gasteiger partial charge in [-0.1, -0.05) is 6.07 Å². The Kier molecular flexibility index (Phi) is 3.63. The maximum absolute atomic E-state index is 12.5. The van der Waals surface area contributed by atoms with Gasteiger partial charge in [-0.15, -0.1) is 11.3 Å². The number of aromatic nitrogens is 2. The molecule has 0 saturated carbocycles. The summed E-state index contributed by atoms with van der Waals surface area (Å²) in [5.74, 6) is -0.108. The molecule has 1 aliphatic heterocycles. The largest absolute Gasteiger partial charge is 0.347 e. The number of amides is 1. The van der Waals surface area contributed by atoms with Crippen molar-refractivity contribution in [3.8, 4) is 0 Å². The molecule has 1 aliphatic rings. The minimum absolute atomic E-state index is 0.108. The van der Waals surface area contributed by atoms with Gasteiger partial charge in [-0.3, -0.25) is 9.89 Å². The molecule has 1 aromatic carbocycles. The lowest BCUT2D eigenvalue weighted by Crippen LogP contribution is -2.29. The highest BCUT2D eigenvalue weighted by Gasteiger charge is 2.23. The SMILES string of the molecule is CN1CCc2[nH]nc(C(=O)NCc3ccc4sccc4c3)c2C1. The maximum Gasteiger partial charge on any atom is 0.272 e. The molecule has 0 atom stereocenters. The third kappa shape index (κ3) is 2.75. The fraction of sp³-hybridized carbons (Fsp3) is 0.294. The molecule has 4 rings (SSSR count). The lowest BCUT2D eigenvalue weighted by Gasteiger charge is -2.22. The predicted octanol–water partition coefficient (Wildman–Crippen LogP) is 2.54. The molecule has 2 aromatic heterocycles. The molecule has 0 saturated heterocycles.